The molecule has 2 N–H and O–H groups in total. The molecule has 0 spiro atoms. The van der Waals surface area contributed by atoms with Crippen molar-refractivity contribution in [2.24, 2.45) is 5.73 Å². The molecule has 2 rings (SSSR count). The van der Waals surface area contributed by atoms with Crippen molar-refractivity contribution in [3.63, 3.8) is 0 Å². The van der Waals surface area contributed by atoms with E-state index in [4.69, 9.17) is 20.3 Å². The van der Waals surface area contributed by atoms with Crippen LogP contribution in [0.15, 0.2) is 22.9 Å². The summed E-state index contributed by atoms with van der Waals surface area (Å²) in [6.07, 6.45) is 1.44. The summed E-state index contributed by atoms with van der Waals surface area (Å²) in [5.41, 5.74) is 6.73. The lowest BCUT2D eigenvalue weighted by Gasteiger charge is -2.03. The Morgan fingerprint density at radius 2 is 2.39 bits per heavy atom. The van der Waals surface area contributed by atoms with Crippen molar-refractivity contribution in [3.05, 3.63) is 29.7 Å². The third-order valence-electron chi connectivity index (χ3n) is 2.23. The van der Waals surface area contributed by atoms with E-state index in [0.29, 0.717) is 23.7 Å². The van der Waals surface area contributed by atoms with Crippen molar-refractivity contribution in [2.75, 3.05) is 13.7 Å². The lowest BCUT2D eigenvalue weighted by Crippen LogP contribution is -2.17. The molecule has 0 bridgehead atoms. The van der Waals surface area contributed by atoms with Crippen LogP contribution in [0.3, 0.4) is 0 Å². The molecule has 0 aliphatic rings. The summed E-state index contributed by atoms with van der Waals surface area (Å²) in [5.74, 6) is 0.624. The molecule has 0 aromatic carbocycles. The Morgan fingerprint density at radius 3 is 3.00 bits per heavy atom. The smallest absolute Gasteiger partial charge is 0.276 e. The number of aromatic nitrogens is 3. The molecule has 0 aliphatic heterocycles. The topological polar surface area (TPSA) is 111 Å². The van der Waals surface area contributed by atoms with Crippen molar-refractivity contribution >= 4 is 0 Å². The van der Waals surface area contributed by atoms with Gasteiger partial charge in [0.2, 0.25) is 0 Å². The third kappa shape index (κ3) is 2.51. The zero-order chi connectivity index (χ0) is 13.0. The van der Waals surface area contributed by atoms with Gasteiger partial charge in [-0.25, -0.2) is 4.98 Å². The van der Waals surface area contributed by atoms with Gasteiger partial charge in [-0.3, -0.25) is 0 Å². The number of nitrogens with two attached hydrogens (primary N) is 1. The molecular formula is C11H11N5O2. The second kappa shape index (κ2) is 5.35. The molecule has 2 aromatic rings. The predicted molar refractivity (Wildman–Crippen MR) is 61.0 cm³/mol. The van der Waals surface area contributed by atoms with Crippen LogP contribution < -0.4 is 5.73 Å². The van der Waals surface area contributed by atoms with E-state index in [1.165, 1.54) is 6.20 Å². The van der Waals surface area contributed by atoms with E-state index in [2.05, 4.69) is 15.1 Å². The number of methoxy groups -OCH3 is 1. The molecule has 0 radical (unpaired) electrons. The van der Waals surface area contributed by atoms with Gasteiger partial charge in [-0.15, -0.1) is 0 Å². The number of hydrogen-bond donors (Lipinski definition) is 1. The summed E-state index contributed by atoms with van der Waals surface area (Å²) in [7, 11) is 1.54. The van der Waals surface area contributed by atoms with Gasteiger partial charge in [-0.1, -0.05) is 5.16 Å². The minimum Gasteiger partial charge on any atom is -0.383 e. The fraction of sp³-hybridized carbons (Fsp3) is 0.273. The van der Waals surface area contributed by atoms with E-state index in [1.54, 1.807) is 19.2 Å². The van der Waals surface area contributed by atoms with Crippen LogP contribution >= 0.6 is 0 Å². The van der Waals surface area contributed by atoms with Crippen LogP contribution in [0.5, 0.6) is 0 Å². The number of nitriles is 1. The molecule has 0 saturated carbocycles. The number of hydrogen-bond acceptors (Lipinski definition) is 7. The summed E-state index contributed by atoms with van der Waals surface area (Å²) >= 11 is 0. The van der Waals surface area contributed by atoms with E-state index in [-0.39, 0.29) is 5.89 Å². The highest BCUT2D eigenvalue weighted by Crippen LogP contribution is 2.16. The van der Waals surface area contributed by atoms with Crippen molar-refractivity contribution in [1.82, 2.24) is 15.1 Å². The molecule has 0 fully saturated rings. The van der Waals surface area contributed by atoms with Crippen LogP contribution in [0.1, 0.15) is 17.4 Å². The second-order valence-electron chi connectivity index (χ2n) is 3.56. The molecule has 7 heteroatoms. The molecule has 92 valence electrons. The largest absolute Gasteiger partial charge is 0.383 e. The zero-order valence-electron chi connectivity index (χ0n) is 9.70. The van der Waals surface area contributed by atoms with Crippen molar-refractivity contribution < 1.29 is 9.26 Å². The quantitative estimate of drug-likeness (QED) is 0.841. The first kappa shape index (κ1) is 12.2. The molecule has 1 atom stereocenters. The van der Waals surface area contributed by atoms with Crippen LogP contribution in [0.4, 0.5) is 0 Å². The van der Waals surface area contributed by atoms with Crippen LogP contribution in [0.2, 0.25) is 0 Å². The maximum Gasteiger partial charge on any atom is 0.276 e. The first-order valence-electron chi connectivity index (χ1n) is 5.19. The van der Waals surface area contributed by atoms with Crippen molar-refractivity contribution in [2.45, 2.75) is 6.04 Å². The maximum absolute atomic E-state index is 8.66. The standard InChI is InChI=1S/C11H11N5O2/c1-17-6-8(13)10-15-11(18-16-10)9-3-2-7(4-12)5-14-9/h2-3,5,8H,6,13H2,1H3. The van der Waals surface area contributed by atoms with Gasteiger partial charge in [0, 0.05) is 13.3 Å². The van der Waals surface area contributed by atoms with E-state index < -0.39 is 6.04 Å². The van der Waals surface area contributed by atoms with Gasteiger partial charge < -0.3 is 15.0 Å². The zero-order valence-corrected chi connectivity index (χ0v) is 9.70. The highest BCUT2D eigenvalue weighted by Gasteiger charge is 2.15. The number of pyridine rings is 1. The minimum absolute atomic E-state index is 0.265. The molecule has 0 amide bonds. The van der Waals surface area contributed by atoms with Gasteiger partial charge in [0.1, 0.15) is 11.8 Å². The highest BCUT2D eigenvalue weighted by atomic mass is 16.5. The third-order valence-corrected chi connectivity index (χ3v) is 2.23. The fourth-order valence-electron chi connectivity index (χ4n) is 1.33. The van der Waals surface area contributed by atoms with Crippen molar-refractivity contribution in [1.29, 1.82) is 5.26 Å². The van der Waals surface area contributed by atoms with E-state index >= 15 is 0 Å². The molecule has 7 nitrogen and oxygen atoms in total. The average Bonchev–Trinajstić information content (AvgIpc) is 2.89. The monoisotopic (exact) mass is 245 g/mol. The van der Waals surface area contributed by atoms with E-state index in [1.807, 2.05) is 6.07 Å². The molecule has 18 heavy (non-hydrogen) atoms. The van der Waals surface area contributed by atoms with E-state index in [0.717, 1.165) is 0 Å². The lowest BCUT2D eigenvalue weighted by molar-refractivity contribution is 0.177. The molecule has 2 aromatic heterocycles. The van der Waals surface area contributed by atoms with Gasteiger partial charge in [0.05, 0.1) is 18.2 Å². The van der Waals surface area contributed by atoms with Crippen LogP contribution in [0.25, 0.3) is 11.6 Å². The predicted octanol–water partition coefficient (Wildman–Crippen LogP) is 0.649. The van der Waals surface area contributed by atoms with Gasteiger partial charge in [-0.05, 0) is 12.1 Å². The summed E-state index contributed by atoms with van der Waals surface area (Å²) in [4.78, 5) is 8.17. The van der Waals surface area contributed by atoms with Crippen LogP contribution in [-0.4, -0.2) is 28.8 Å². The Kier molecular flexibility index (Phi) is 3.62. The highest BCUT2D eigenvalue weighted by molar-refractivity contribution is 5.47. The lowest BCUT2D eigenvalue weighted by atomic mass is 10.2. The first-order valence-corrected chi connectivity index (χ1v) is 5.19. The van der Waals surface area contributed by atoms with Gasteiger partial charge >= 0.3 is 0 Å². The molecule has 2 heterocycles. The SMILES string of the molecule is COCC(N)c1noc(-c2ccc(C#N)cn2)n1. The molecule has 1 unspecified atom stereocenters. The second-order valence-corrected chi connectivity index (χ2v) is 3.56. The average molecular weight is 245 g/mol. The van der Waals surface area contributed by atoms with Crippen molar-refractivity contribution in [3.8, 4) is 17.7 Å². The maximum atomic E-state index is 8.66. The Labute approximate surface area is 103 Å². The van der Waals surface area contributed by atoms with Gasteiger partial charge in [-0.2, -0.15) is 10.2 Å². The Morgan fingerprint density at radius 1 is 1.56 bits per heavy atom. The molecule has 0 aliphatic carbocycles. The normalized spacial score (nSPS) is 12.1. The van der Waals surface area contributed by atoms with Gasteiger partial charge in [0.25, 0.3) is 5.89 Å². The molecule has 0 saturated heterocycles. The fourth-order valence-corrected chi connectivity index (χ4v) is 1.33. The summed E-state index contributed by atoms with van der Waals surface area (Å²) in [5, 5.41) is 12.4. The van der Waals surface area contributed by atoms with Crippen LogP contribution in [-0.2, 0) is 4.74 Å². The Bertz CT molecular complexity index is 558. The minimum atomic E-state index is -0.439. The van der Waals surface area contributed by atoms with Crippen LogP contribution in [0, 0.1) is 11.3 Å². The molecular weight excluding hydrogens is 234 g/mol. The summed E-state index contributed by atoms with van der Waals surface area (Å²) < 4.78 is 9.95. The summed E-state index contributed by atoms with van der Waals surface area (Å²) in [6, 6.07) is 4.80. The number of rotatable bonds is 4. The first-order chi connectivity index (χ1) is 8.74. The number of nitrogens with zero attached hydrogens (tertiary/aromatic N) is 4. The van der Waals surface area contributed by atoms with E-state index in [9.17, 15) is 0 Å². The Hall–Kier alpha value is -2.30. The Balaban J connectivity index is 2.21. The van der Waals surface area contributed by atoms with Gasteiger partial charge in [0.15, 0.2) is 5.82 Å². The summed E-state index contributed by atoms with van der Waals surface area (Å²) in [6.45, 7) is 0.305. The number of ether oxygens (including phenoxy) is 1.